The molecule has 112 valence electrons. The Morgan fingerprint density at radius 1 is 1.32 bits per heavy atom. The van der Waals surface area contributed by atoms with E-state index in [4.69, 9.17) is 0 Å². The van der Waals surface area contributed by atoms with E-state index in [1.807, 2.05) is 0 Å². The minimum atomic E-state index is 0.0242. The van der Waals surface area contributed by atoms with Crippen LogP contribution in [0.5, 0.6) is 0 Å². The lowest BCUT2D eigenvalue weighted by molar-refractivity contribution is 0.113. The van der Waals surface area contributed by atoms with Gasteiger partial charge in [0.15, 0.2) is 0 Å². The Morgan fingerprint density at radius 2 is 2.11 bits per heavy atom. The van der Waals surface area contributed by atoms with Crippen LogP contribution in [0.25, 0.3) is 0 Å². The topological polar surface area (TPSA) is 35.5 Å². The van der Waals surface area contributed by atoms with Crippen molar-refractivity contribution in [1.29, 1.82) is 0 Å². The molecule has 0 saturated heterocycles. The summed E-state index contributed by atoms with van der Waals surface area (Å²) in [4.78, 5) is 2.50. The van der Waals surface area contributed by atoms with Crippen LogP contribution in [-0.4, -0.2) is 48.8 Å². The molecule has 0 bridgehead atoms. The van der Waals surface area contributed by atoms with E-state index >= 15 is 0 Å². The molecule has 0 radical (unpaired) electrons. The molecule has 0 heterocycles. The third kappa shape index (κ3) is 4.17. The van der Waals surface area contributed by atoms with Gasteiger partial charge in [0.1, 0.15) is 0 Å². The average Bonchev–Trinajstić information content (AvgIpc) is 3.13. The molecule has 2 fully saturated rings. The lowest BCUT2D eigenvalue weighted by Gasteiger charge is -2.36. The van der Waals surface area contributed by atoms with E-state index in [1.54, 1.807) is 0 Å². The highest BCUT2D eigenvalue weighted by Gasteiger charge is 2.41. The smallest absolute Gasteiger partial charge is 0.0616 e. The van der Waals surface area contributed by atoms with Crippen LogP contribution in [-0.2, 0) is 0 Å². The summed E-state index contributed by atoms with van der Waals surface area (Å²) >= 11 is 0. The average molecular weight is 268 g/mol. The second kappa shape index (κ2) is 7.05. The number of nitrogens with zero attached hydrogens (tertiary/aromatic N) is 1. The second-order valence-electron chi connectivity index (χ2n) is 6.82. The molecule has 0 aliphatic heterocycles. The molecule has 0 aromatic rings. The zero-order chi connectivity index (χ0) is 13.7. The van der Waals surface area contributed by atoms with E-state index in [0.29, 0.717) is 12.5 Å². The Kier molecular flexibility index (Phi) is 5.67. The molecule has 0 spiro atoms. The van der Waals surface area contributed by atoms with Crippen molar-refractivity contribution in [3.05, 3.63) is 0 Å². The van der Waals surface area contributed by atoms with E-state index < -0.39 is 0 Å². The maximum Gasteiger partial charge on any atom is 0.0616 e. The first kappa shape index (κ1) is 15.3. The van der Waals surface area contributed by atoms with Crippen molar-refractivity contribution in [2.24, 2.45) is 11.8 Å². The van der Waals surface area contributed by atoms with Crippen molar-refractivity contribution in [1.82, 2.24) is 10.2 Å². The lowest BCUT2D eigenvalue weighted by Crippen LogP contribution is -2.52. The normalized spacial score (nSPS) is 31.3. The van der Waals surface area contributed by atoms with E-state index in [0.717, 1.165) is 25.3 Å². The fourth-order valence-corrected chi connectivity index (χ4v) is 3.64. The molecule has 19 heavy (non-hydrogen) atoms. The van der Waals surface area contributed by atoms with Gasteiger partial charge < -0.3 is 15.3 Å². The summed E-state index contributed by atoms with van der Waals surface area (Å²) < 4.78 is 0. The Labute approximate surface area is 118 Å². The van der Waals surface area contributed by atoms with Crippen LogP contribution in [0.15, 0.2) is 0 Å². The van der Waals surface area contributed by atoms with Crippen LogP contribution in [0.4, 0.5) is 0 Å². The van der Waals surface area contributed by atoms with Crippen LogP contribution in [0.1, 0.15) is 51.9 Å². The zero-order valence-corrected chi connectivity index (χ0v) is 12.8. The minimum absolute atomic E-state index is 0.0242. The van der Waals surface area contributed by atoms with Crippen LogP contribution in [0.2, 0.25) is 0 Å². The zero-order valence-electron chi connectivity index (χ0n) is 12.8. The van der Waals surface area contributed by atoms with Crippen molar-refractivity contribution in [2.75, 3.05) is 33.3 Å². The first-order valence-electron chi connectivity index (χ1n) is 8.24. The lowest BCUT2D eigenvalue weighted by atomic mass is 9.85. The van der Waals surface area contributed by atoms with Crippen LogP contribution in [0.3, 0.4) is 0 Å². The molecule has 3 nitrogen and oxygen atoms in total. The maximum absolute atomic E-state index is 9.86. The molecule has 3 heteroatoms. The highest BCUT2D eigenvalue weighted by molar-refractivity contribution is 4.99. The number of aliphatic hydroxyl groups is 1. The first-order chi connectivity index (χ1) is 9.20. The SMILES string of the molecule is CCCNC1(CO)CCCC1CCN(C)CC1CC1. The summed E-state index contributed by atoms with van der Waals surface area (Å²) in [6.07, 6.45) is 8.97. The highest BCUT2D eigenvalue weighted by atomic mass is 16.3. The summed E-state index contributed by atoms with van der Waals surface area (Å²) in [7, 11) is 2.26. The van der Waals surface area contributed by atoms with Gasteiger partial charge in [-0.2, -0.15) is 0 Å². The molecule has 2 rings (SSSR count). The Balaban J connectivity index is 1.78. The van der Waals surface area contributed by atoms with Crippen molar-refractivity contribution in [3.8, 4) is 0 Å². The summed E-state index contributed by atoms with van der Waals surface area (Å²) in [6, 6.07) is 0. The number of aliphatic hydroxyl groups excluding tert-OH is 1. The van der Waals surface area contributed by atoms with Crippen molar-refractivity contribution in [3.63, 3.8) is 0 Å². The Hall–Kier alpha value is -0.120. The third-order valence-corrected chi connectivity index (χ3v) is 5.09. The number of hydrogen-bond donors (Lipinski definition) is 2. The van der Waals surface area contributed by atoms with Gasteiger partial charge in [0.25, 0.3) is 0 Å². The molecule has 2 unspecified atom stereocenters. The van der Waals surface area contributed by atoms with Gasteiger partial charge in [0.05, 0.1) is 6.61 Å². The molecule has 0 aromatic carbocycles. The third-order valence-electron chi connectivity index (χ3n) is 5.09. The standard InChI is InChI=1S/C16H32N2O/c1-3-10-17-16(13-19)9-4-5-15(16)8-11-18(2)12-14-6-7-14/h14-15,17,19H,3-13H2,1-2H3. The van der Waals surface area contributed by atoms with Crippen LogP contribution >= 0.6 is 0 Å². The molecular formula is C16H32N2O. The molecule has 2 atom stereocenters. The molecule has 2 N–H and O–H groups in total. The molecule has 2 saturated carbocycles. The van der Waals surface area contributed by atoms with E-state index in [9.17, 15) is 5.11 Å². The van der Waals surface area contributed by atoms with E-state index in [2.05, 4.69) is 24.2 Å². The summed E-state index contributed by atoms with van der Waals surface area (Å²) in [5.41, 5.74) is 0.0242. The van der Waals surface area contributed by atoms with Gasteiger partial charge in [0, 0.05) is 12.1 Å². The summed E-state index contributed by atoms with van der Waals surface area (Å²) in [6.45, 7) is 6.02. The summed E-state index contributed by atoms with van der Waals surface area (Å²) in [5, 5.41) is 13.5. The molecule has 0 aromatic heterocycles. The Morgan fingerprint density at radius 3 is 2.74 bits per heavy atom. The number of rotatable bonds is 9. The predicted molar refractivity (Wildman–Crippen MR) is 80.3 cm³/mol. The number of nitrogens with one attached hydrogen (secondary N) is 1. The first-order valence-corrected chi connectivity index (χ1v) is 8.24. The van der Waals surface area contributed by atoms with Gasteiger partial charge in [-0.25, -0.2) is 0 Å². The maximum atomic E-state index is 9.86. The van der Waals surface area contributed by atoms with Crippen LogP contribution in [0, 0.1) is 11.8 Å². The van der Waals surface area contributed by atoms with Gasteiger partial charge >= 0.3 is 0 Å². The fourth-order valence-electron chi connectivity index (χ4n) is 3.64. The van der Waals surface area contributed by atoms with Crippen LogP contribution < -0.4 is 5.32 Å². The van der Waals surface area contributed by atoms with E-state index in [1.165, 1.54) is 45.2 Å². The molecule has 2 aliphatic rings. The minimum Gasteiger partial charge on any atom is -0.394 e. The summed E-state index contributed by atoms with van der Waals surface area (Å²) in [5.74, 6) is 1.64. The largest absolute Gasteiger partial charge is 0.394 e. The van der Waals surface area contributed by atoms with Gasteiger partial charge in [0.2, 0.25) is 0 Å². The van der Waals surface area contributed by atoms with Gasteiger partial charge in [-0.3, -0.25) is 0 Å². The van der Waals surface area contributed by atoms with Gasteiger partial charge in [-0.05, 0) is 70.5 Å². The van der Waals surface area contributed by atoms with Gasteiger partial charge in [-0.1, -0.05) is 13.3 Å². The molecular weight excluding hydrogens is 236 g/mol. The van der Waals surface area contributed by atoms with Crippen molar-refractivity contribution in [2.45, 2.75) is 57.4 Å². The molecule has 0 amide bonds. The fraction of sp³-hybridized carbons (Fsp3) is 1.00. The molecule has 2 aliphatic carbocycles. The van der Waals surface area contributed by atoms with Gasteiger partial charge in [-0.15, -0.1) is 0 Å². The highest BCUT2D eigenvalue weighted by Crippen LogP contribution is 2.38. The number of hydrogen-bond acceptors (Lipinski definition) is 3. The quantitative estimate of drug-likeness (QED) is 0.673. The second-order valence-corrected chi connectivity index (χ2v) is 6.82. The Bertz CT molecular complexity index is 267. The van der Waals surface area contributed by atoms with Crippen molar-refractivity contribution < 1.29 is 5.11 Å². The monoisotopic (exact) mass is 268 g/mol. The van der Waals surface area contributed by atoms with E-state index in [-0.39, 0.29) is 5.54 Å². The van der Waals surface area contributed by atoms with Crippen molar-refractivity contribution >= 4 is 0 Å². The predicted octanol–water partition coefficient (Wildman–Crippen LogP) is 2.25.